The Labute approximate surface area is 139 Å². The molecular weight excluding hydrogens is 292 g/mol. The number of ether oxygens (including phenoxy) is 2. The highest BCUT2D eigenvalue weighted by atomic mass is 16.5. The summed E-state index contributed by atoms with van der Waals surface area (Å²) < 4.78 is 11.1. The fraction of sp³-hybridized carbons (Fsp3) is 0.611. The van der Waals surface area contributed by atoms with Gasteiger partial charge in [0.2, 0.25) is 0 Å². The van der Waals surface area contributed by atoms with Gasteiger partial charge in [-0.3, -0.25) is 9.69 Å². The quantitative estimate of drug-likeness (QED) is 0.743. The molecule has 1 heterocycles. The lowest BCUT2D eigenvalue weighted by atomic mass is 10.1. The van der Waals surface area contributed by atoms with Gasteiger partial charge in [0.25, 0.3) is 5.91 Å². The van der Waals surface area contributed by atoms with Crippen molar-refractivity contribution in [3.05, 3.63) is 29.8 Å². The molecule has 2 rings (SSSR count). The molecule has 23 heavy (non-hydrogen) atoms. The highest BCUT2D eigenvalue weighted by Gasteiger charge is 2.16. The molecule has 1 aromatic carbocycles. The van der Waals surface area contributed by atoms with Crippen molar-refractivity contribution in [2.75, 3.05) is 39.4 Å². The summed E-state index contributed by atoms with van der Waals surface area (Å²) in [6.45, 7) is 9.16. The molecule has 0 aliphatic carbocycles. The molecule has 0 radical (unpaired) electrons. The van der Waals surface area contributed by atoms with E-state index in [9.17, 15) is 4.79 Å². The van der Waals surface area contributed by atoms with E-state index in [4.69, 9.17) is 9.47 Å². The maximum absolute atomic E-state index is 12.1. The summed E-state index contributed by atoms with van der Waals surface area (Å²) >= 11 is 0. The number of nitrogens with zero attached hydrogens (tertiary/aromatic N) is 1. The Balaban J connectivity index is 1.68. The van der Waals surface area contributed by atoms with Crippen LogP contribution in [-0.2, 0) is 16.0 Å². The van der Waals surface area contributed by atoms with Crippen LogP contribution in [0.2, 0.25) is 0 Å². The average molecular weight is 320 g/mol. The minimum absolute atomic E-state index is 0.0575. The third kappa shape index (κ3) is 5.84. The third-order valence-electron chi connectivity index (χ3n) is 4.08. The van der Waals surface area contributed by atoms with E-state index >= 15 is 0 Å². The molecule has 0 spiro atoms. The number of para-hydroxylation sites is 1. The SMILES string of the molecule is CCc1ccccc1OC(C)C(=O)NCCCN1CCOCC1. The monoisotopic (exact) mass is 320 g/mol. The fourth-order valence-electron chi connectivity index (χ4n) is 2.64. The van der Waals surface area contributed by atoms with Crippen LogP contribution in [0.15, 0.2) is 24.3 Å². The molecule has 1 atom stereocenters. The van der Waals surface area contributed by atoms with Crippen LogP contribution < -0.4 is 10.1 Å². The van der Waals surface area contributed by atoms with Crippen LogP contribution in [-0.4, -0.2) is 56.3 Å². The molecule has 1 unspecified atom stereocenters. The predicted molar refractivity (Wildman–Crippen MR) is 90.8 cm³/mol. The second-order valence-electron chi connectivity index (χ2n) is 5.82. The van der Waals surface area contributed by atoms with Gasteiger partial charge in [0, 0.05) is 19.6 Å². The second kappa shape index (κ2) is 9.53. The zero-order valence-electron chi connectivity index (χ0n) is 14.2. The van der Waals surface area contributed by atoms with Gasteiger partial charge in [-0.15, -0.1) is 0 Å². The highest BCUT2D eigenvalue weighted by Crippen LogP contribution is 2.19. The van der Waals surface area contributed by atoms with Gasteiger partial charge in [-0.05, 0) is 37.9 Å². The van der Waals surface area contributed by atoms with Gasteiger partial charge in [-0.2, -0.15) is 0 Å². The van der Waals surface area contributed by atoms with E-state index in [1.54, 1.807) is 6.92 Å². The first kappa shape index (κ1) is 17.8. The third-order valence-corrected chi connectivity index (χ3v) is 4.08. The molecule has 1 aromatic rings. The Morgan fingerprint density at radius 2 is 2.09 bits per heavy atom. The van der Waals surface area contributed by atoms with E-state index in [1.165, 1.54) is 0 Å². The summed E-state index contributed by atoms with van der Waals surface area (Å²) in [7, 11) is 0. The van der Waals surface area contributed by atoms with Gasteiger partial charge in [0.05, 0.1) is 13.2 Å². The number of carbonyl (C=O) groups excluding carboxylic acids is 1. The van der Waals surface area contributed by atoms with E-state index in [2.05, 4.69) is 17.1 Å². The Hall–Kier alpha value is -1.59. The topological polar surface area (TPSA) is 50.8 Å². The summed E-state index contributed by atoms with van der Waals surface area (Å²) in [6, 6.07) is 7.87. The van der Waals surface area contributed by atoms with Crippen molar-refractivity contribution in [2.24, 2.45) is 0 Å². The Morgan fingerprint density at radius 1 is 1.35 bits per heavy atom. The Morgan fingerprint density at radius 3 is 2.83 bits per heavy atom. The number of hydrogen-bond acceptors (Lipinski definition) is 4. The van der Waals surface area contributed by atoms with Crippen LogP contribution in [0.5, 0.6) is 5.75 Å². The number of aryl methyl sites for hydroxylation is 1. The minimum atomic E-state index is -0.480. The van der Waals surface area contributed by atoms with Crippen molar-refractivity contribution >= 4 is 5.91 Å². The van der Waals surface area contributed by atoms with Gasteiger partial charge in [-0.25, -0.2) is 0 Å². The van der Waals surface area contributed by atoms with Crippen LogP contribution in [0, 0.1) is 0 Å². The number of benzene rings is 1. The zero-order valence-corrected chi connectivity index (χ0v) is 14.2. The van der Waals surface area contributed by atoms with E-state index in [1.807, 2.05) is 24.3 Å². The molecule has 1 amide bonds. The number of amides is 1. The molecule has 0 saturated carbocycles. The van der Waals surface area contributed by atoms with Crippen LogP contribution >= 0.6 is 0 Å². The Bertz CT molecular complexity index is 487. The minimum Gasteiger partial charge on any atom is -0.481 e. The first-order valence-corrected chi connectivity index (χ1v) is 8.53. The van der Waals surface area contributed by atoms with Gasteiger partial charge >= 0.3 is 0 Å². The summed E-state index contributed by atoms with van der Waals surface area (Å²) in [6.07, 6.45) is 1.36. The number of morpholine rings is 1. The number of rotatable bonds is 8. The molecule has 1 N–H and O–H groups in total. The largest absolute Gasteiger partial charge is 0.481 e. The summed E-state index contributed by atoms with van der Waals surface area (Å²) in [5.74, 6) is 0.740. The van der Waals surface area contributed by atoms with Gasteiger partial charge < -0.3 is 14.8 Å². The molecule has 1 aliphatic heterocycles. The maximum atomic E-state index is 12.1. The number of carbonyl (C=O) groups is 1. The smallest absolute Gasteiger partial charge is 0.260 e. The van der Waals surface area contributed by atoms with Gasteiger partial charge in [0.15, 0.2) is 6.10 Å². The van der Waals surface area contributed by atoms with E-state index in [0.29, 0.717) is 6.54 Å². The van der Waals surface area contributed by atoms with Crippen molar-refractivity contribution in [3.63, 3.8) is 0 Å². The fourth-order valence-corrected chi connectivity index (χ4v) is 2.64. The van der Waals surface area contributed by atoms with Crippen LogP contribution in [0.1, 0.15) is 25.8 Å². The molecule has 128 valence electrons. The molecule has 1 fully saturated rings. The average Bonchev–Trinajstić information content (AvgIpc) is 2.60. The van der Waals surface area contributed by atoms with E-state index < -0.39 is 6.10 Å². The van der Waals surface area contributed by atoms with Crippen molar-refractivity contribution in [1.82, 2.24) is 10.2 Å². The first-order chi connectivity index (χ1) is 11.2. The van der Waals surface area contributed by atoms with Crippen LogP contribution in [0.3, 0.4) is 0 Å². The summed E-state index contributed by atoms with van der Waals surface area (Å²) in [4.78, 5) is 14.5. The van der Waals surface area contributed by atoms with Crippen molar-refractivity contribution in [1.29, 1.82) is 0 Å². The molecule has 5 heteroatoms. The van der Waals surface area contributed by atoms with E-state index in [0.717, 1.165) is 57.0 Å². The number of hydrogen-bond donors (Lipinski definition) is 1. The normalized spacial score (nSPS) is 16.8. The molecular formula is C18H28N2O3. The molecule has 0 aromatic heterocycles. The van der Waals surface area contributed by atoms with Crippen LogP contribution in [0.4, 0.5) is 0 Å². The summed E-state index contributed by atoms with van der Waals surface area (Å²) in [5.41, 5.74) is 1.12. The van der Waals surface area contributed by atoms with Crippen LogP contribution in [0.25, 0.3) is 0 Å². The lowest BCUT2D eigenvalue weighted by molar-refractivity contribution is -0.127. The molecule has 1 aliphatic rings. The predicted octanol–water partition coefficient (Wildman–Crippen LogP) is 1.85. The number of nitrogens with one attached hydrogen (secondary N) is 1. The summed E-state index contributed by atoms with van der Waals surface area (Å²) in [5, 5.41) is 2.96. The lowest BCUT2D eigenvalue weighted by Gasteiger charge is -2.26. The first-order valence-electron chi connectivity index (χ1n) is 8.53. The van der Waals surface area contributed by atoms with Gasteiger partial charge in [0.1, 0.15) is 5.75 Å². The molecule has 0 bridgehead atoms. The Kier molecular flexibility index (Phi) is 7.36. The molecule has 1 saturated heterocycles. The zero-order chi connectivity index (χ0) is 16.5. The molecule has 5 nitrogen and oxygen atoms in total. The van der Waals surface area contributed by atoms with Crippen molar-refractivity contribution in [2.45, 2.75) is 32.8 Å². The lowest BCUT2D eigenvalue weighted by Crippen LogP contribution is -2.40. The second-order valence-corrected chi connectivity index (χ2v) is 5.82. The van der Waals surface area contributed by atoms with Crippen molar-refractivity contribution in [3.8, 4) is 5.75 Å². The van der Waals surface area contributed by atoms with Crippen molar-refractivity contribution < 1.29 is 14.3 Å². The van der Waals surface area contributed by atoms with E-state index in [-0.39, 0.29) is 5.91 Å². The highest BCUT2D eigenvalue weighted by molar-refractivity contribution is 5.80. The standard InChI is InChI=1S/C18H28N2O3/c1-3-16-7-4-5-8-17(16)23-15(2)18(21)19-9-6-10-20-11-13-22-14-12-20/h4-5,7-8,15H,3,6,9-14H2,1-2H3,(H,19,21). The van der Waals surface area contributed by atoms with Gasteiger partial charge in [-0.1, -0.05) is 25.1 Å². The maximum Gasteiger partial charge on any atom is 0.260 e.